The molecule has 0 spiro atoms. The van der Waals surface area contributed by atoms with Gasteiger partial charge in [0.1, 0.15) is 6.04 Å². The number of benzene rings is 3. The molecule has 0 aliphatic heterocycles. The van der Waals surface area contributed by atoms with E-state index in [4.69, 9.17) is 23.2 Å². The minimum Gasteiger partial charge on any atom is -0.354 e. The molecule has 0 fully saturated rings. The molecule has 0 aliphatic rings. The van der Waals surface area contributed by atoms with E-state index in [0.717, 1.165) is 28.2 Å². The first-order valence-electron chi connectivity index (χ1n) is 12.2. The molecule has 0 saturated heterocycles. The molecular formula is C29H32Cl2N2O2S. The van der Waals surface area contributed by atoms with E-state index in [2.05, 4.69) is 5.32 Å². The number of hydrogen-bond donors (Lipinski definition) is 1. The quantitative estimate of drug-likeness (QED) is 0.186. The predicted molar refractivity (Wildman–Crippen MR) is 151 cm³/mol. The first kappa shape index (κ1) is 28.1. The lowest BCUT2D eigenvalue weighted by Gasteiger charge is -2.31. The van der Waals surface area contributed by atoms with Gasteiger partial charge in [0.2, 0.25) is 11.8 Å². The molecule has 1 atom stereocenters. The molecule has 0 aromatic heterocycles. The monoisotopic (exact) mass is 542 g/mol. The highest BCUT2D eigenvalue weighted by molar-refractivity contribution is 7.99. The molecule has 36 heavy (non-hydrogen) atoms. The van der Waals surface area contributed by atoms with Crippen LogP contribution < -0.4 is 5.32 Å². The van der Waals surface area contributed by atoms with Crippen LogP contribution in [0.3, 0.4) is 0 Å². The van der Waals surface area contributed by atoms with Gasteiger partial charge in [-0.25, -0.2) is 0 Å². The van der Waals surface area contributed by atoms with Crippen molar-refractivity contribution in [3.63, 3.8) is 0 Å². The van der Waals surface area contributed by atoms with Crippen molar-refractivity contribution in [1.82, 2.24) is 10.2 Å². The van der Waals surface area contributed by atoms with Crippen molar-refractivity contribution in [2.45, 2.75) is 50.1 Å². The Morgan fingerprint density at radius 2 is 1.64 bits per heavy atom. The van der Waals surface area contributed by atoms with Crippen LogP contribution in [0.2, 0.25) is 10.0 Å². The van der Waals surface area contributed by atoms with Crippen LogP contribution in [0.1, 0.15) is 37.3 Å². The maximum Gasteiger partial charge on any atom is 0.243 e. The topological polar surface area (TPSA) is 49.4 Å². The number of halogens is 2. The number of hydrogen-bond acceptors (Lipinski definition) is 3. The van der Waals surface area contributed by atoms with Crippen LogP contribution in [0.5, 0.6) is 0 Å². The minimum atomic E-state index is -0.616. The molecule has 4 nitrogen and oxygen atoms in total. The normalized spacial score (nSPS) is 11.6. The molecule has 0 heterocycles. The van der Waals surface area contributed by atoms with Crippen molar-refractivity contribution in [3.8, 4) is 0 Å². The fourth-order valence-corrected chi connectivity index (χ4v) is 5.03. The van der Waals surface area contributed by atoms with E-state index >= 15 is 0 Å². The van der Waals surface area contributed by atoms with Crippen LogP contribution in [-0.2, 0) is 22.6 Å². The fourth-order valence-electron chi connectivity index (χ4n) is 3.84. The SMILES string of the molecule is CCCNC(=O)[C@H](Cc1ccccc1)N(Cc1cccc(Cl)c1)C(=O)CCCSc1ccc(Cl)cc1. The number of carbonyl (C=O) groups is 2. The third-order valence-corrected chi connectivity index (χ3v) is 7.26. The highest BCUT2D eigenvalue weighted by Gasteiger charge is 2.30. The first-order valence-corrected chi connectivity index (χ1v) is 13.9. The second-order valence-electron chi connectivity index (χ2n) is 8.55. The predicted octanol–water partition coefficient (Wildman–Crippen LogP) is 7.03. The van der Waals surface area contributed by atoms with Crippen molar-refractivity contribution >= 4 is 46.8 Å². The Morgan fingerprint density at radius 3 is 2.33 bits per heavy atom. The van der Waals surface area contributed by atoms with Gasteiger partial charge in [-0.15, -0.1) is 11.8 Å². The number of rotatable bonds is 13. The third-order valence-electron chi connectivity index (χ3n) is 5.68. The summed E-state index contributed by atoms with van der Waals surface area (Å²) in [4.78, 5) is 29.7. The van der Waals surface area contributed by atoms with Gasteiger partial charge in [0.25, 0.3) is 0 Å². The van der Waals surface area contributed by atoms with E-state index in [1.807, 2.05) is 79.7 Å². The Hall–Kier alpha value is -2.47. The molecule has 0 saturated carbocycles. The molecule has 3 aromatic rings. The maximum absolute atomic E-state index is 13.6. The molecule has 0 bridgehead atoms. The van der Waals surface area contributed by atoms with Gasteiger partial charge >= 0.3 is 0 Å². The van der Waals surface area contributed by atoms with Gasteiger partial charge in [-0.2, -0.15) is 0 Å². The lowest BCUT2D eigenvalue weighted by Crippen LogP contribution is -2.50. The molecule has 0 radical (unpaired) electrons. The van der Waals surface area contributed by atoms with Gasteiger partial charge < -0.3 is 10.2 Å². The lowest BCUT2D eigenvalue weighted by atomic mass is 10.0. The van der Waals surface area contributed by atoms with Crippen molar-refractivity contribution in [1.29, 1.82) is 0 Å². The Kier molecular flexibility index (Phi) is 11.7. The van der Waals surface area contributed by atoms with Gasteiger partial charge in [0.05, 0.1) is 0 Å². The van der Waals surface area contributed by atoms with Crippen LogP contribution >= 0.6 is 35.0 Å². The Labute approximate surface area is 228 Å². The van der Waals surface area contributed by atoms with Crippen molar-refractivity contribution < 1.29 is 9.59 Å². The van der Waals surface area contributed by atoms with Crippen LogP contribution in [0.15, 0.2) is 83.8 Å². The zero-order chi connectivity index (χ0) is 25.8. The van der Waals surface area contributed by atoms with E-state index in [1.54, 1.807) is 22.7 Å². The van der Waals surface area contributed by atoms with Crippen LogP contribution in [0.4, 0.5) is 0 Å². The average molecular weight is 544 g/mol. The highest BCUT2D eigenvalue weighted by Crippen LogP contribution is 2.23. The van der Waals surface area contributed by atoms with Gasteiger partial charge in [-0.1, -0.05) is 72.6 Å². The van der Waals surface area contributed by atoms with Crippen LogP contribution in [0, 0.1) is 0 Å². The summed E-state index contributed by atoms with van der Waals surface area (Å²) in [5.41, 5.74) is 1.91. The van der Waals surface area contributed by atoms with Gasteiger partial charge in [-0.3, -0.25) is 9.59 Å². The minimum absolute atomic E-state index is 0.0424. The summed E-state index contributed by atoms with van der Waals surface area (Å²) in [5.74, 6) is 0.620. The molecule has 2 amide bonds. The van der Waals surface area contributed by atoms with Crippen molar-refractivity contribution in [3.05, 3.63) is 100 Å². The van der Waals surface area contributed by atoms with Crippen LogP contribution in [-0.4, -0.2) is 35.1 Å². The molecule has 7 heteroatoms. The molecule has 3 rings (SSSR count). The number of nitrogens with one attached hydrogen (secondary N) is 1. The van der Waals surface area contributed by atoms with Gasteiger partial charge in [0, 0.05) is 40.9 Å². The third kappa shape index (κ3) is 9.20. The molecule has 3 aromatic carbocycles. The lowest BCUT2D eigenvalue weighted by molar-refractivity contribution is -0.141. The smallest absolute Gasteiger partial charge is 0.243 e. The molecule has 0 unspecified atom stereocenters. The molecular weight excluding hydrogens is 511 g/mol. The summed E-state index contributed by atoms with van der Waals surface area (Å²) >= 11 is 13.9. The van der Waals surface area contributed by atoms with E-state index in [-0.39, 0.29) is 11.8 Å². The Bertz CT molecular complexity index is 1110. The zero-order valence-electron chi connectivity index (χ0n) is 20.5. The maximum atomic E-state index is 13.6. The highest BCUT2D eigenvalue weighted by atomic mass is 35.5. The van der Waals surface area contributed by atoms with E-state index < -0.39 is 6.04 Å². The summed E-state index contributed by atoms with van der Waals surface area (Å²) in [6.07, 6.45) is 2.33. The zero-order valence-corrected chi connectivity index (χ0v) is 22.8. The standard InChI is InChI=1S/C29H32Cl2N2O2S/c1-2-17-32-29(35)27(20-22-8-4-3-5-9-22)33(21-23-10-6-11-25(31)19-23)28(34)12-7-18-36-26-15-13-24(30)14-16-26/h3-6,8-11,13-16,19,27H,2,7,12,17-18,20-21H2,1H3,(H,32,35)/t27-/m0/s1. The Morgan fingerprint density at radius 1 is 0.917 bits per heavy atom. The van der Waals surface area contributed by atoms with Gasteiger partial charge in [-0.05, 0) is 66.1 Å². The van der Waals surface area contributed by atoms with E-state index in [0.29, 0.717) is 42.4 Å². The number of carbonyl (C=O) groups excluding carboxylic acids is 2. The van der Waals surface area contributed by atoms with E-state index in [9.17, 15) is 9.59 Å². The van der Waals surface area contributed by atoms with E-state index in [1.165, 1.54) is 0 Å². The van der Waals surface area contributed by atoms with Crippen molar-refractivity contribution in [2.24, 2.45) is 0 Å². The summed E-state index contributed by atoms with van der Waals surface area (Å²) in [6, 6.07) is 24.4. The summed E-state index contributed by atoms with van der Waals surface area (Å²) in [7, 11) is 0. The summed E-state index contributed by atoms with van der Waals surface area (Å²) in [6.45, 7) is 2.90. The Balaban J connectivity index is 1.77. The number of amides is 2. The van der Waals surface area contributed by atoms with Crippen LogP contribution in [0.25, 0.3) is 0 Å². The van der Waals surface area contributed by atoms with Gasteiger partial charge in [0.15, 0.2) is 0 Å². The second kappa shape index (κ2) is 14.9. The number of thioether (sulfide) groups is 1. The largest absolute Gasteiger partial charge is 0.354 e. The fraction of sp³-hybridized carbons (Fsp3) is 0.310. The molecule has 190 valence electrons. The van der Waals surface area contributed by atoms with Crippen molar-refractivity contribution in [2.75, 3.05) is 12.3 Å². The average Bonchev–Trinajstić information content (AvgIpc) is 2.88. The molecule has 0 aliphatic carbocycles. The summed E-state index contributed by atoms with van der Waals surface area (Å²) in [5, 5.41) is 4.32. The number of nitrogens with zero attached hydrogens (tertiary/aromatic N) is 1. The second-order valence-corrected chi connectivity index (χ2v) is 10.6. The summed E-state index contributed by atoms with van der Waals surface area (Å²) < 4.78 is 0. The first-order chi connectivity index (χ1) is 17.5. The molecule has 1 N–H and O–H groups in total.